The molecule has 0 spiro atoms. The Morgan fingerprint density at radius 1 is 0.727 bits per heavy atom. The molecule has 118 valence electrons. The molecule has 0 amide bonds. The third kappa shape index (κ3) is 2.11. The van der Waals surface area contributed by atoms with Gasteiger partial charge in [-0.3, -0.25) is 9.59 Å². The first-order valence-electron chi connectivity index (χ1n) is 5.64. The van der Waals surface area contributed by atoms with E-state index in [0.717, 1.165) is 18.2 Å². The first-order valence-corrected chi connectivity index (χ1v) is 5.64. The summed E-state index contributed by atoms with van der Waals surface area (Å²) in [5, 5.41) is 0. The van der Waals surface area contributed by atoms with Gasteiger partial charge in [0.15, 0.2) is 11.6 Å². The van der Waals surface area contributed by atoms with Crippen LogP contribution in [-0.2, 0) is 0 Å². The zero-order chi connectivity index (χ0) is 16.9. The fraction of sp³-hybridized carbons (Fsp3) is 0.231. The van der Waals surface area contributed by atoms with Gasteiger partial charge in [0, 0.05) is 11.1 Å². The van der Waals surface area contributed by atoms with E-state index in [2.05, 4.69) is 0 Å². The van der Waals surface area contributed by atoms with E-state index >= 15 is 0 Å². The Balaban J connectivity index is 2.71. The molecule has 1 aromatic carbocycles. The maximum atomic E-state index is 13.9. The second-order valence-corrected chi connectivity index (χ2v) is 4.45. The van der Waals surface area contributed by atoms with Crippen LogP contribution in [-0.4, -0.2) is 29.6 Å². The Hall–Kier alpha value is -2.19. The molecule has 22 heavy (non-hydrogen) atoms. The summed E-state index contributed by atoms with van der Waals surface area (Å²) in [6.45, 7) is 0. The van der Waals surface area contributed by atoms with Crippen molar-refractivity contribution in [3.05, 3.63) is 47.0 Å². The van der Waals surface area contributed by atoms with Crippen molar-refractivity contribution in [2.75, 3.05) is 0 Å². The first-order chi connectivity index (χ1) is 9.91. The van der Waals surface area contributed by atoms with Gasteiger partial charge in [-0.1, -0.05) is 24.3 Å². The molecule has 0 bridgehead atoms. The second-order valence-electron chi connectivity index (χ2n) is 4.45. The van der Waals surface area contributed by atoms with Crippen LogP contribution in [0.1, 0.15) is 20.7 Å². The molecule has 1 aliphatic carbocycles. The van der Waals surface area contributed by atoms with Crippen molar-refractivity contribution < 1.29 is 40.3 Å². The van der Waals surface area contributed by atoms with Gasteiger partial charge in [-0.15, -0.1) is 0 Å². The van der Waals surface area contributed by atoms with Crippen LogP contribution in [0, 0.1) is 0 Å². The molecule has 9 heteroatoms. The minimum atomic E-state index is -6.45. The Labute approximate surface area is 118 Å². The molecule has 0 N–H and O–H groups in total. The van der Waals surface area contributed by atoms with Crippen LogP contribution in [0.4, 0.5) is 30.7 Å². The van der Waals surface area contributed by atoms with Crippen LogP contribution in [0.15, 0.2) is 35.9 Å². The van der Waals surface area contributed by atoms with E-state index in [1.807, 2.05) is 0 Å². The number of fused-ring (bicyclic) bond motifs is 1. The Morgan fingerprint density at radius 2 is 1.18 bits per heavy atom. The van der Waals surface area contributed by atoms with E-state index in [0.29, 0.717) is 0 Å². The lowest BCUT2D eigenvalue weighted by Crippen LogP contribution is -2.56. The maximum absolute atomic E-state index is 13.9. The van der Waals surface area contributed by atoms with E-state index in [9.17, 15) is 40.3 Å². The molecule has 0 aliphatic heterocycles. The highest BCUT2D eigenvalue weighted by Gasteiger charge is 2.76. The van der Waals surface area contributed by atoms with Gasteiger partial charge < -0.3 is 0 Å². The number of allylic oxidation sites excluding steroid dienone is 2. The predicted octanol–water partition coefficient (Wildman–Crippen LogP) is 3.82. The average molecular weight is 326 g/mol. The minimum absolute atomic E-state index is 0.244. The Bertz CT molecular complexity index is 668. The van der Waals surface area contributed by atoms with Gasteiger partial charge in [-0.25, -0.2) is 4.39 Å². The van der Waals surface area contributed by atoms with Crippen molar-refractivity contribution in [1.29, 1.82) is 0 Å². The summed E-state index contributed by atoms with van der Waals surface area (Å²) < 4.78 is 89.9. The predicted molar refractivity (Wildman–Crippen MR) is 59.1 cm³/mol. The molecule has 0 saturated heterocycles. The summed E-state index contributed by atoms with van der Waals surface area (Å²) in [5.41, 5.74) is -9.29. The fourth-order valence-corrected chi connectivity index (χ4v) is 2.04. The van der Waals surface area contributed by atoms with Crippen molar-refractivity contribution >= 4 is 11.6 Å². The monoisotopic (exact) mass is 326 g/mol. The van der Waals surface area contributed by atoms with Crippen LogP contribution in [0.25, 0.3) is 0 Å². The van der Waals surface area contributed by atoms with Gasteiger partial charge in [-0.05, 0) is 6.08 Å². The van der Waals surface area contributed by atoms with Crippen LogP contribution < -0.4 is 0 Å². The molecule has 2 rings (SSSR count). The van der Waals surface area contributed by atoms with Crippen LogP contribution in [0.3, 0.4) is 0 Å². The molecule has 0 unspecified atom stereocenters. The number of hydrogen-bond acceptors (Lipinski definition) is 2. The largest absolute Gasteiger partial charge is 0.436 e. The second kappa shape index (κ2) is 4.65. The number of rotatable bonds is 1. The molecule has 0 radical (unpaired) electrons. The number of Topliss-reactive ketones (excluding diaryl/α,β-unsaturated/α-hetero) is 1. The number of hydrogen-bond donors (Lipinski definition) is 0. The summed E-state index contributed by atoms with van der Waals surface area (Å²) in [5.74, 6) is -3.13. The third-order valence-corrected chi connectivity index (χ3v) is 3.11. The Morgan fingerprint density at radius 3 is 1.64 bits per heavy atom. The lowest BCUT2D eigenvalue weighted by atomic mass is 9.81. The van der Waals surface area contributed by atoms with Gasteiger partial charge >= 0.3 is 18.0 Å². The summed E-state index contributed by atoms with van der Waals surface area (Å²) >= 11 is 0. The van der Waals surface area contributed by atoms with Crippen molar-refractivity contribution in [3.63, 3.8) is 0 Å². The topological polar surface area (TPSA) is 34.1 Å². The number of carbonyl (C=O) groups excluding carboxylic acids is 2. The lowest BCUT2D eigenvalue weighted by Gasteiger charge is -2.32. The molecule has 1 aliphatic rings. The molecule has 0 atom stereocenters. The molecular formula is C13H5F7O2. The number of benzene rings is 1. The lowest BCUT2D eigenvalue weighted by molar-refractivity contribution is -0.324. The van der Waals surface area contributed by atoms with Crippen LogP contribution >= 0.6 is 0 Å². The summed E-state index contributed by atoms with van der Waals surface area (Å²) in [4.78, 5) is 23.5. The van der Waals surface area contributed by atoms with Gasteiger partial charge in [0.05, 0.1) is 5.57 Å². The summed E-state index contributed by atoms with van der Waals surface area (Å²) in [6.07, 6.45) is -13.1. The van der Waals surface area contributed by atoms with Gasteiger partial charge in [0.2, 0.25) is 0 Å². The maximum Gasteiger partial charge on any atom is 0.436 e. The highest BCUT2D eigenvalue weighted by atomic mass is 19.4. The van der Waals surface area contributed by atoms with Gasteiger partial charge in [0.25, 0.3) is 0 Å². The molecule has 0 fully saturated rings. The van der Waals surface area contributed by atoms with Crippen molar-refractivity contribution in [2.24, 2.45) is 0 Å². The SMILES string of the molecule is O=C1C=C(C(F)(C(F)(F)F)C(F)(F)F)C(=O)c2ccccc21. The summed E-state index contributed by atoms with van der Waals surface area (Å²) in [6, 6.07) is 4.30. The number of alkyl halides is 7. The normalized spacial score (nSPS) is 16.4. The molecule has 0 heterocycles. The third-order valence-electron chi connectivity index (χ3n) is 3.11. The van der Waals surface area contributed by atoms with Gasteiger partial charge in [0.1, 0.15) is 0 Å². The summed E-state index contributed by atoms with van der Waals surface area (Å²) in [7, 11) is 0. The minimum Gasteiger partial charge on any atom is -0.289 e. The molecule has 2 nitrogen and oxygen atoms in total. The molecule has 0 aromatic heterocycles. The zero-order valence-corrected chi connectivity index (χ0v) is 10.3. The smallest absolute Gasteiger partial charge is 0.289 e. The van der Waals surface area contributed by atoms with E-state index in [4.69, 9.17) is 0 Å². The van der Waals surface area contributed by atoms with Crippen molar-refractivity contribution in [3.8, 4) is 0 Å². The standard InChI is InChI=1S/C13H5F7O2/c14-11(12(15,16)17,13(18,19)20)8-5-9(21)6-3-1-2-4-7(6)10(8)22/h1-5H. The van der Waals surface area contributed by atoms with Crippen LogP contribution in [0.2, 0.25) is 0 Å². The Kier molecular flexibility index (Phi) is 3.42. The molecule has 0 saturated carbocycles. The fourth-order valence-electron chi connectivity index (χ4n) is 2.04. The molecule has 1 aromatic rings. The average Bonchev–Trinajstić information content (AvgIpc) is 2.39. The van der Waals surface area contributed by atoms with Crippen molar-refractivity contribution in [1.82, 2.24) is 0 Å². The van der Waals surface area contributed by atoms with E-state index in [-0.39, 0.29) is 11.6 Å². The zero-order valence-electron chi connectivity index (χ0n) is 10.3. The van der Waals surface area contributed by atoms with E-state index in [1.165, 1.54) is 6.07 Å². The quantitative estimate of drug-likeness (QED) is 0.735. The van der Waals surface area contributed by atoms with Crippen molar-refractivity contribution in [2.45, 2.75) is 18.0 Å². The van der Waals surface area contributed by atoms with Gasteiger partial charge in [-0.2, -0.15) is 26.3 Å². The number of halogens is 7. The van der Waals surface area contributed by atoms with E-state index < -0.39 is 40.7 Å². The first kappa shape index (κ1) is 16.2. The molecular weight excluding hydrogens is 321 g/mol. The highest BCUT2D eigenvalue weighted by molar-refractivity contribution is 6.25. The van der Waals surface area contributed by atoms with Crippen LogP contribution in [0.5, 0.6) is 0 Å². The number of ketones is 2. The van der Waals surface area contributed by atoms with E-state index in [1.54, 1.807) is 0 Å². The number of carbonyl (C=O) groups is 2. The highest BCUT2D eigenvalue weighted by Crippen LogP contribution is 2.52.